The first-order valence-corrected chi connectivity index (χ1v) is 8.59. The van der Waals surface area contributed by atoms with Crippen LogP contribution >= 0.6 is 15.9 Å². The molecule has 2 aliphatic carbocycles. The van der Waals surface area contributed by atoms with Crippen molar-refractivity contribution in [3.8, 4) is 0 Å². The summed E-state index contributed by atoms with van der Waals surface area (Å²) in [6, 6.07) is 10.7. The molecule has 0 radical (unpaired) electrons. The first-order chi connectivity index (χ1) is 9.75. The van der Waals surface area contributed by atoms with E-state index in [0.29, 0.717) is 5.92 Å². The molecule has 21 heavy (non-hydrogen) atoms. The molecule has 114 valence electrons. The van der Waals surface area contributed by atoms with Crippen molar-refractivity contribution in [2.45, 2.75) is 55.7 Å². The third-order valence-corrected chi connectivity index (χ3v) is 6.15. The Balaban J connectivity index is 2.07. The number of benzene rings is 1. The van der Waals surface area contributed by atoms with Crippen LogP contribution in [0.2, 0.25) is 0 Å². The van der Waals surface area contributed by atoms with Crippen LogP contribution < -0.4 is 5.73 Å². The SMILES string of the molecule is CC1(Br)CC2CC(C)(C(N)=O)CC(c3ccccc3)(C2)C1. The molecule has 3 heteroatoms. The zero-order valence-corrected chi connectivity index (χ0v) is 14.4. The van der Waals surface area contributed by atoms with Crippen molar-refractivity contribution in [1.82, 2.24) is 0 Å². The maximum atomic E-state index is 12.1. The second-order valence-electron chi connectivity index (χ2n) is 7.82. The molecule has 3 rings (SSSR count). The highest BCUT2D eigenvalue weighted by atomic mass is 79.9. The lowest BCUT2D eigenvalue weighted by Gasteiger charge is -2.56. The molecule has 2 saturated carbocycles. The van der Waals surface area contributed by atoms with Gasteiger partial charge >= 0.3 is 0 Å². The van der Waals surface area contributed by atoms with Crippen molar-refractivity contribution >= 4 is 21.8 Å². The summed E-state index contributed by atoms with van der Waals surface area (Å²) in [5, 5.41) is 0. The molecule has 0 spiro atoms. The Hall–Kier alpha value is -0.830. The molecule has 2 N–H and O–H groups in total. The Morgan fingerprint density at radius 1 is 1.14 bits per heavy atom. The van der Waals surface area contributed by atoms with E-state index in [-0.39, 0.29) is 21.1 Å². The Morgan fingerprint density at radius 3 is 2.43 bits per heavy atom. The van der Waals surface area contributed by atoms with Gasteiger partial charge in [-0.25, -0.2) is 0 Å². The number of fused-ring (bicyclic) bond motifs is 2. The lowest BCUT2D eigenvalue weighted by molar-refractivity contribution is -0.132. The molecule has 4 atom stereocenters. The molecule has 0 aliphatic heterocycles. The quantitative estimate of drug-likeness (QED) is 0.800. The molecule has 1 aromatic carbocycles. The predicted octanol–water partition coefficient (Wildman–Crippen LogP) is 4.16. The molecule has 2 nitrogen and oxygen atoms in total. The summed E-state index contributed by atoms with van der Waals surface area (Å²) >= 11 is 3.94. The average molecular weight is 350 g/mol. The van der Waals surface area contributed by atoms with E-state index in [4.69, 9.17) is 5.73 Å². The lowest BCUT2D eigenvalue weighted by Crippen LogP contribution is -2.53. The van der Waals surface area contributed by atoms with E-state index in [1.165, 1.54) is 12.0 Å². The molecule has 0 saturated heterocycles. The molecular formula is C18H24BrNO. The molecule has 4 unspecified atom stereocenters. The van der Waals surface area contributed by atoms with Crippen molar-refractivity contribution in [2.75, 3.05) is 0 Å². The third kappa shape index (κ3) is 2.65. The number of rotatable bonds is 2. The van der Waals surface area contributed by atoms with Crippen molar-refractivity contribution in [3.63, 3.8) is 0 Å². The fourth-order valence-corrected chi connectivity index (χ4v) is 6.11. The lowest BCUT2D eigenvalue weighted by atomic mass is 9.50. The van der Waals surface area contributed by atoms with Crippen LogP contribution in [-0.4, -0.2) is 10.2 Å². The van der Waals surface area contributed by atoms with Crippen LogP contribution in [-0.2, 0) is 10.2 Å². The van der Waals surface area contributed by atoms with Gasteiger partial charge in [0, 0.05) is 9.74 Å². The third-order valence-electron chi connectivity index (χ3n) is 5.55. The molecule has 2 fully saturated rings. The number of alkyl halides is 1. The molecular weight excluding hydrogens is 326 g/mol. The van der Waals surface area contributed by atoms with Gasteiger partial charge in [-0.3, -0.25) is 4.79 Å². The van der Waals surface area contributed by atoms with Crippen molar-refractivity contribution in [2.24, 2.45) is 17.1 Å². The minimum atomic E-state index is -0.373. The Labute approximate surface area is 135 Å². The van der Waals surface area contributed by atoms with Gasteiger partial charge in [-0.05, 0) is 55.9 Å². The van der Waals surface area contributed by atoms with Crippen LogP contribution in [0.1, 0.15) is 51.5 Å². The second-order valence-corrected chi connectivity index (χ2v) is 9.73. The molecule has 0 heterocycles. The minimum absolute atomic E-state index is 0.0739. The van der Waals surface area contributed by atoms with E-state index in [1.807, 2.05) is 0 Å². The topological polar surface area (TPSA) is 43.1 Å². The van der Waals surface area contributed by atoms with Crippen molar-refractivity contribution in [3.05, 3.63) is 35.9 Å². The summed E-state index contributed by atoms with van der Waals surface area (Å²) in [5.74, 6) is 0.431. The fraction of sp³-hybridized carbons (Fsp3) is 0.611. The van der Waals surface area contributed by atoms with Crippen LogP contribution in [0, 0.1) is 11.3 Å². The van der Waals surface area contributed by atoms with E-state index in [1.54, 1.807) is 0 Å². The number of carbonyl (C=O) groups is 1. The van der Waals surface area contributed by atoms with Gasteiger partial charge in [0.15, 0.2) is 0 Å². The van der Waals surface area contributed by atoms with Gasteiger partial charge in [-0.2, -0.15) is 0 Å². The average Bonchev–Trinajstić information content (AvgIpc) is 2.36. The summed E-state index contributed by atoms with van der Waals surface area (Å²) < 4.78 is 0.157. The Bertz CT molecular complexity index is 556. The van der Waals surface area contributed by atoms with Gasteiger partial charge in [0.2, 0.25) is 5.91 Å². The number of hydrogen-bond donors (Lipinski definition) is 1. The second kappa shape index (κ2) is 4.84. The van der Waals surface area contributed by atoms with Crippen LogP contribution in [0.25, 0.3) is 0 Å². The summed E-state index contributed by atoms with van der Waals surface area (Å²) in [7, 11) is 0. The normalized spacial score (nSPS) is 42.5. The number of halogens is 1. The monoisotopic (exact) mass is 349 g/mol. The van der Waals surface area contributed by atoms with Gasteiger partial charge in [0.05, 0.1) is 0 Å². The molecule has 2 bridgehead atoms. The van der Waals surface area contributed by atoms with Gasteiger partial charge in [0.25, 0.3) is 0 Å². The van der Waals surface area contributed by atoms with E-state index < -0.39 is 0 Å². The van der Waals surface area contributed by atoms with Gasteiger partial charge < -0.3 is 5.73 Å². The summed E-state index contributed by atoms with van der Waals surface area (Å²) in [6.07, 6.45) is 5.18. The highest BCUT2D eigenvalue weighted by molar-refractivity contribution is 9.10. The van der Waals surface area contributed by atoms with Crippen LogP contribution in [0.5, 0.6) is 0 Å². The largest absolute Gasteiger partial charge is 0.369 e. The van der Waals surface area contributed by atoms with E-state index in [9.17, 15) is 4.79 Å². The van der Waals surface area contributed by atoms with E-state index >= 15 is 0 Å². The zero-order chi connectivity index (χ0) is 15.3. The van der Waals surface area contributed by atoms with Crippen molar-refractivity contribution in [1.29, 1.82) is 0 Å². The van der Waals surface area contributed by atoms with Crippen LogP contribution in [0.3, 0.4) is 0 Å². The molecule has 1 amide bonds. The summed E-state index contributed by atoms with van der Waals surface area (Å²) in [4.78, 5) is 12.1. The fourth-order valence-electron chi connectivity index (χ4n) is 5.11. The zero-order valence-electron chi connectivity index (χ0n) is 12.9. The van der Waals surface area contributed by atoms with Crippen molar-refractivity contribution < 1.29 is 4.79 Å². The molecule has 1 aromatic rings. The summed E-state index contributed by atoms with van der Waals surface area (Å²) in [5.41, 5.74) is 6.83. The predicted molar refractivity (Wildman–Crippen MR) is 89.3 cm³/mol. The Kier molecular flexibility index (Phi) is 3.47. The summed E-state index contributed by atoms with van der Waals surface area (Å²) in [6.45, 7) is 4.36. The number of nitrogens with two attached hydrogens (primary N) is 1. The standard InChI is InChI=1S/C18H24BrNO/c1-16(15(20)21)8-13-9-17(2,19)12-18(10-13,11-16)14-6-4-3-5-7-14/h3-7,13H,8-12H2,1-2H3,(H2,20,21). The first-order valence-electron chi connectivity index (χ1n) is 7.79. The first kappa shape index (κ1) is 15.1. The van der Waals surface area contributed by atoms with Crippen LogP contribution in [0.15, 0.2) is 30.3 Å². The smallest absolute Gasteiger partial charge is 0.223 e. The van der Waals surface area contributed by atoms with Gasteiger partial charge in [-0.15, -0.1) is 0 Å². The van der Waals surface area contributed by atoms with E-state index in [2.05, 4.69) is 60.1 Å². The van der Waals surface area contributed by atoms with Gasteiger partial charge in [0.1, 0.15) is 0 Å². The molecule has 0 aromatic heterocycles. The minimum Gasteiger partial charge on any atom is -0.369 e. The van der Waals surface area contributed by atoms with Gasteiger partial charge in [-0.1, -0.05) is 53.2 Å². The molecule has 2 aliphatic rings. The van der Waals surface area contributed by atoms with Crippen LogP contribution in [0.4, 0.5) is 0 Å². The number of hydrogen-bond acceptors (Lipinski definition) is 1. The van der Waals surface area contributed by atoms with E-state index in [0.717, 1.165) is 25.7 Å². The number of carbonyl (C=O) groups excluding carboxylic acids is 1. The maximum Gasteiger partial charge on any atom is 0.223 e. The number of amides is 1. The highest BCUT2D eigenvalue weighted by Gasteiger charge is 2.55. The number of primary amides is 1. The maximum absolute atomic E-state index is 12.1. The Morgan fingerprint density at radius 2 is 1.81 bits per heavy atom. The highest BCUT2D eigenvalue weighted by Crippen LogP contribution is 2.60.